The van der Waals surface area contributed by atoms with E-state index in [0.717, 1.165) is 12.1 Å². The molecule has 160 valence electrons. The highest BCUT2D eigenvalue weighted by atomic mass is 35.5. The predicted octanol–water partition coefficient (Wildman–Crippen LogP) is 2.41. The largest absolute Gasteiger partial charge is 0.489 e. The molecule has 1 fully saturated rings. The molecule has 7 nitrogen and oxygen atoms in total. The molecule has 0 saturated heterocycles. The summed E-state index contributed by atoms with van der Waals surface area (Å²) in [4.78, 5) is 31.1. The zero-order valence-electron chi connectivity index (χ0n) is 17.2. The topological polar surface area (TPSA) is 88.5 Å². The fourth-order valence-electron chi connectivity index (χ4n) is 4.11. The van der Waals surface area contributed by atoms with E-state index in [4.69, 9.17) is 16.3 Å². The van der Waals surface area contributed by atoms with Crippen LogP contribution in [0.5, 0.6) is 5.75 Å². The summed E-state index contributed by atoms with van der Waals surface area (Å²) in [5.41, 5.74) is 1.83. The molecule has 1 aromatic heterocycles. The summed E-state index contributed by atoms with van der Waals surface area (Å²) >= 11 is 6.40. The van der Waals surface area contributed by atoms with Crippen molar-refractivity contribution in [3.05, 3.63) is 44.0 Å². The first kappa shape index (κ1) is 20.7. The Bertz CT molecular complexity index is 1110. The molecule has 0 spiro atoms. The van der Waals surface area contributed by atoms with Crippen LogP contribution in [0.2, 0.25) is 5.02 Å². The number of nitrogens with one attached hydrogen (secondary N) is 2. The van der Waals surface area contributed by atoms with Crippen LogP contribution in [0.4, 0.5) is 5.69 Å². The minimum Gasteiger partial charge on any atom is -0.489 e. The summed E-state index contributed by atoms with van der Waals surface area (Å²) in [6.45, 7) is 6.98. The molecule has 1 amide bonds. The Morgan fingerprint density at radius 2 is 2.20 bits per heavy atom. The molecular formula is C22H27ClN4O3. The van der Waals surface area contributed by atoms with E-state index in [9.17, 15) is 9.59 Å². The number of imidazole rings is 1. The van der Waals surface area contributed by atoms with Gasteiger partial charge in [0.1, 0.15) is 11.1 Å². The van der Waals surface area contributed by atoms with E-state index in [1.807, 2.05) is 13.0 Å². The SMILES string of the molecule is C=c1c(=O)[nH]c2n1Cc1cc(OC(C)CCC(=O)NCC3CCCC3)c(Cl)cc1N=2. The number of benzene rings is 1. The average molecular weight is 431 g/mol. The van der Waals surface area contributed by atoms with Crippen molar-refractivity contribution >= 4 is 29.8 Å². The Kier molecular flexibility index (Phi) is 5.99. The zero-order chi connectivity index (χ0) is 21.3. The van der Waals surface area contributed by atoms with Crippen LogP contribution in [-0.4, -0.2) is 28.1 Å². The monoisotopic (exact) mass is 430 g/mol. The highest BCUT2D eigenvalue weighted by Crippen LogP contribution is 2.34. The minimum atomic E-state index is -0.246. The van der Waals surface area contributed by atoms with E-state index in [-0.39, 0.29) is 17.6 Å². The van der Waals surface area contributed by atoms with Crippen LogP contribution >= 0.6 is 11.6 Å². The molecule has 1 aliphatic carbocycles. The molecule has 2 heterocycles. The van der Waals surface area contributed by atoms with Gasteiger partial charge in [0.25, 0.3) is 5.56 Å². The summed E-state index contributed by atoms with van der Waals surface area (Å²) in [6, 6.07) is 3.59. The van der Waals surface area contributed by atoms with Gasteiger partial charge >= 0.3 is 0 Å². The standard InChI is InChI=1S/C22H27ClN4O3/c1-13(7-8-20(28)24-11-15-5-3-4-6-15)30-19-9-16-12-27-14(2)21(29)26-22(27)25-18(16)10-17(19)23/h9-10,13,15H,2-8,11-12H2,1H3,(H,24,28)(H,25,26,29). The number of fused-ring (bicyclic) bond motifs is 2. The predicted molar refractivity (Wildman–Crippen MR) is 116 cm³/mol. The van der Waals surface area contributed by atoms with Crippen molar-refractivity contribution in [2.45, 2.75) is 58.1 Å². The number of halogens is 1. The van der Waals surface area contributed by atoms with Crippen molar-refractivity contribution in [3.8, 4) is 5.75 Å². The maximum atomic E-state index is 12.1. The van der Waals surface area contributed by atoms with E-state index in [0.29, 0.717) is 52.7 Å². The van der Waals surface area contributed by atoms with Crippen molar-refractivity contribution in [2.24, 2.45) is 10.9 Å². The van der Waals surface area contributed by atoms with Gasteiger partial charge in [-0.05, 0) is 44.2 Å². The first-order valence-corrected chi connectivity index (χ1v) is 10.9. The second-order valence-corrected chi connectivity index (χ2v) is 8.66. The summed E-state index contributed by atoms with van der Waals surface area (Å²) in [5.74, 6) is 1.26. The lowest BCUT2D eigenvalue weighted by atomic mass is 10.1. The number of hydrogen-bond acceptors (Lipinski definition) is 4. The quantitative estimate of drug-likeness (QED) is 0.603. The lowest BCUT2D eigenvalue weighted by molar-refractivity contribution is -0.121. The van der Waals surface area contributed by atoms with Crippen molar-refractivity contribution in [3.63, 3.8) is 0 Å². The lowest BCUT2D eigenvalue weighted by Gasteiger charge is -2.19. The van der Waals surface area contributed by atoms with Crippen molar-refractivity contribution in [1.29, 1.82) is 0 Å². The summed E-state index contributed by atoms with van der Waals surface area (Å²) in [5, 5.41) is 3.86. The van der Waals surface area contributed by atoms with E-state index in [2.05, 4.69) is 21.9 Å². The van der Waals surface area contributed by atoms with Crippen molar-refractivity contribution in [2.75, 3.05) is 6.54 Å². The molecule has 2 N–H and O–H groups in total. The Labute approximate surface area is 179 Å². The van der Waals surface area contributed by atoms with Gasteiger partial charge in [0.05, 0.1) is 23.4 Å². The highest BCUT2D eigenvalue weighted by molar-refractivity contribution is 6.32. The number of aromatic amines is 1. The number of rotatable bonds is 7. The van der Waals surface area contributed by atoms with Gasteiger partial charge in [-0.2, -0.15) is 0 Å². The third-order valence-corrected chi connectivity index (χ3v) is 6.22. The van der Waals surface area contributed by atoms with Crippen LogP contribution in [0.3, 0.4) is 0 Å². The minimum absolute atomic E-state index is 0.0699. The molecule has 2 aliphatic rings. The van der Waals surface area contributed by atoms with Gasteiger partial charge in [0.15, 0.2) is 0 Å². The molecule has 1 atom stereocenters. The maximum Gasteiger partial charge on any atom is 0.274 e. The number of hydrogen-bond donors (Lipinski definition) is 2. The van der Waals surface area contributed by atoms with Crippen LogP contribution in [0.15, 0.2) is 21.9 Å². The third-order valence-electron chi connectivity index (χ3n) is 5.93. The van der Waals surface area contributed by atoms with Crippen LogP contribution in [0.1, 0.15) is 51.0 Å². The van der Waals surface area contributed by atoms with E-state index < -0.39 is 0 Å². The zero-order valence-corrected chi connectivity index (χ0v) is 17.9. The number of aromatic nitrogens is 2. The number of carbonyl (C=O) groups excluding carboxylic acids is 1. The molecule has 2 aromatic rings. The summed E-state index contributed by atoms with van der Waals surface area (Å²) in [6.07, 6.45) is 5.86. The van der Waals surface area contributed by atoms with E-state index in [1.54, 1.807) is 10.6 Å². The first-order valence-electron chi connectivity index (χ1n) is 10.5. The van der Waals surface area contributed by atoms with Crippen LogP contribution in [0.25, 0.3) is 6.58 Å². The fraction of sp³-hybridized carbons (Fsp3) is 0.500. The molecule has 4 rings (SSSR count). The number of carbonyl (C=O) groups is 1. The smallest absolute Gasteiger partial charge is 0.274 e. The molecule has 1 saturated carbocycles. The highest BCUT2D eigenvalue weighted by Gasteiger charge is 2.19. The molecule has 1 unspecified atom stereocenters. The second-order valence-electron chi connectivity index (χ2n) is 8.26. The van der Waals surface area contributed by atoms with Gasteiger partial charge in [0.2, 0.25) is 11.5 Å². The Morgan fingerprint density at radius 3 is 2.97 bits per heavy atom. The van der Waals surface area contributed by atoms with E-state index >= 15 is 0 Å². The molecule has 0 radical (unpaired) electrons. The Balaban J connectivity index is 1.36. The lowest BCUT2D eigenvalue weighted by Crippen LogP contribution is -2.32. The normalized spacial score (nSPS) is 16.5. The van der Waals surface area contributed by atoms with Gasteiger partial charge < -0.3 is 14.6 Å². The first-order chi connectivity index (χ1) is 14.4. The number of ether oxygens (including phenoxy) is 1. The molecule has 1 aromatic carbocycles. The number of nitrogens with zero attached hydrogens (tertiary/aromatic N) is 2. The molecular weight excluding hydrogens is 404 g/mol. The van der Waals surface area contributed by atoms with Gasteiger partial charge in [0, 0.05) is 18.5 Å². The maximum absolute atomic E-state index is 12.1. The number of amides is 1. The average Bonchev–Trinajstić information content (AvgIpc) is 3.33. The van der Waals surface area contributed by atoms with Crippen LogP contribution in [0, 0.1) is 5.92 Å². The molecule has 8 heteroatoms. The van der Waals surface area contributed by atoms with Crippen molar-refractivity contribution < 1.29 is 9.53 Å². The molecule has 1 aliphatic heterocycles. The van der Waals surface area contributed by atoms with E-state index in [1.165, 1.54) is 25.7 Å². The van der Waals surface area contributed by atoms with Gasteiger partial charge in [-0.1, -0.05) is 31.0 Å². The third kappa shape index (κ3) is 4.46. The Morgan fingerprint density at radius 1 is 1.43 bits per heavy atom. The van der Waals surface area contributed by atoms with Crippen LogP contribution < -0.4 is 26.6 Å². The van der Waals surface area contributed by atoms with Gasteiger partial charge in [-0.3, -0.25) is 14.6 Å². The van der Waals surface area contributed by atoms with Gasteiger partial charge in [-0.25, -0.2) is 4.99 Å². The van der Waals surface area contributed by atoms with Gasteiger partial charge in [-0.15, -0.1) is 0 Å². The fourth-order valence-corrected chi connectivity index (χ4v) is 4.31. The Hall–Kier alpha value is -2.54. The second kappa shape index (κ2) is 8.68. The molecule has 0 bridgehead atoms. The molecule has 30 heavy (non-hydrogen) atoms. The van der Waals surface area contributed by atoms with Crippen molar-refractivity contribution in [1.82, 2.24) is 14.9 Å². The number of H-pyrrole nitrogens is 1. The summed E-state index contributed by atoms with van der Waals surface area (Å²) in [7, 11) is 0. The summed E-state index contributed by atoms with van der Waals surface area (Å²) < 4.78 is 7.75. The van der Waals surface area contributed by atoms with Crippen LogP contribution in [-0.2, 0) is 11.3 Å².